The summed E-state index contributed by atoms with van der Waals surface area (Å²) in [6, 6.07) is 2.55. The molecule has 3 rings (SSSR count). The van der Waals surface area contributed by atoms with Crippen molar-refractivity contribution in [3.05, 3.63) is 46.2 Å². The zero-order valence-electron chi connectivity index (χ0n) is 12.8. The van der Waals surface area contributed by atoms with E-state index < -0.39 is 35.1 Å². The highest BCUT2D eigenvalue weighted by Crippen LogP contribution is 2.38. The third-order valence-corrected chi connectivity index (χ3v) is 3.64. The number of halogens is 5. The van der Waals surface area contributed by atoms with Gasteiger partial charge in [-0.05, 0) is 12.1 Å². The first-order chi connectivity index (χ1) is 12.4. The molecular formula is C15H10ClF4N3O3. The summed E-state index contributed by atoms with van der Waals surface area (Å²) < 4.78 is 64.0. The second-order valence-electron chi connectivity index (χ2n) is 5.11. The van der Waals surface area contributed by atoms with Crippen LogP contribution in [0, 0.1) is 23.5 Å². The summed E-state index contributed by atoms with van der Waals surface area (Å²) in [7, 11) is 0. The van der Waals surface area contributed by atoms with Crippen LogP contribution in [0.15, 0.2) is 12.1 Å². The van der Waals surface area contributed by atoms with Gasteiger partial charge in [0.2, 0.25) is 11.6 Å². The molecule has 0 unspecified atom stereocenters. The van der Waals surface area contributed by atoms with Crippen LogP contribution in [0.25, 0.3) is 0 Å². The molecule has 1 amide bonds. The van der Waals surface area contributed by atoms with Crippen LogP contribution in [0.3, 0.4) is 0 Å². The van der Waals surface area contributed by atoms with Crippen LogP contribution in [-0.4, -0.2) is 24.1 Å². The van der Waals surface area contributed by atoms with Crippen molar-refractivity contribution >= 4 is 23.2 Å². The fourth-order valence-electron chi connectivity index (χ4n) is 2.15. The summed E-state index contributed by atoms with van der Waals surface area (Å²) in [4.78, 5) is 14.6. The van der Waals surface area contributed by atoms with Crippen LogP contribution in [0.4, 0.5) is 23.2 Å². The maximum atomic E-state index is 13.5. The third kappa shape index (κ3) is 3.45. The number of hydrogen-bond donors (Lipinski definition) is 2. The van der Waals surface area contributed by atoms with E-state index in [1.165, 1.54) is 12.1 Å². The van der Waals surface area contributed by atoms with Crippen LogP contribution in [-0.2, 0) is 0 Å². The van der Waals surface area contributed by atoms with Gasteiger partial charge in [-0.15, -0.1) is 0 Å². The Labute approximate surface area is 149 Å². The van der Waals surface area contributed by atoms with Crippen LogP contribution in [0.1, 0.15) is 16.8 Å². The molecule has 1 aromatic heterocycles. The Morgan fingerprint density at radius 3 is 2.42 bits per heavy atom. The largest absolute Gasteiger partial charge is 0.489 e. The first-order valence-electron chi connectivity index (χ1n) is 7.24. The molecule has 6 nitrogen and oxygen atoms in total. The summed E-state index contributed by atoms with van der Waals surface area (Å²) in [6.45, 7) is 0.732. The zero-order chi connectivity index (χ0) is 18.8. The molecular weight excluding hydrogens is 382 g/mol. The molecule has 1 aliphatic heterocycles. The number of nitrogens with zero attached hydrogens (tertiary/aromatic N) is 1. The lowest BCUT2D eigenvalue weighted by Crippen LogP contribution is -2.31. The second kappa shape index (κ2) is 7.24. The number of hydrazine groups is 1. The lowest BCUT2D eigenvalue weighted by Gasteiger charge is -2.13. The Morgan fingerprint density at radius 2 is 1.73 bits per heavy atom. The molecule has 0 radical (unpaired) electrons. The maximum Gasteiger partial charge on any atom is 0.269 e. The molecule has 2 N–H and O–H groups in total. The SMILES string of the molecule is O=C(NNc1c(F)c(F)nc(F)c1F)c1cc(Cl)c2c(c1)OCCCO2. The van der Waals surface area contributed by atoms with Crippen molar-refractivity contribution in [3.63, 3.8) is 0 Å². The first-order valence-corrected chi connectivity index (χ1v) is 7.61. The summed E-state index contributed by atoms with van der Waals surface area (Å²) in [6.07, 6.45) is 0.617. The molecule has 0 aliphatic carbocycles. The molecule has 0 saturated heterocycles. The summed E-state index contributed by atoms with van der Waals surface area (Å²) >= 11 is 6.04. The number of anilines is 1. The number of hydrogen-bond acceptors (Lipinski definition) is 5. The van der Waals surface area contributed by atoms with E-state index in [2.05, 4.69) is 4.98 Å². The van der Waals surface area contributed by atoms with Gasteiger partial charge in [-0.3, -0.25) is 15.6 Å². The number of nitrogens with one attached hydrogen (secondary N) is 2. The van der Waals surface area contributed by atoms with Crippen molar-refractivity contribution < 1.29 is 31.8 Å². The number of amides is 1. The van der Waals surface area contributed by atoms with Crippen LogP contribution in [0.5, 0.6) is 11.5 Å². The van der Waals surface area contributed by atoms with E-state index >= 15 is 0 Å². The van der Waals surface area contributed by atoms with Crippen LogP contribution >= 0.6 is 11.6 Å². The molecule has 11 heteroatoms. The van der Waals surface area contributed by atoms with Crippen LogP contribution in [0.2, 0.25) is 5.02 Å². The predicted octanol–water partition coefficient (Wildman–Crippen LogP) is 3.21. The first kappa shape index (κ1) is 18.1. The predicted molar refractivity (Wildman–Crippen MR) is 82.2 cm³/mol. The molecule has 138 valence electrons. The summed E-state index contributed by atoms with van der Waals surface area (Å²) in [5.74, 6) is -7.71. The molecule has 1 aliphatic rings. The van der Waals surface area contributed by atoms with E-state index in [4.69, 9.17) is 21.1 Å². The lowest BCUT2D eigenvalue weighted by atomic mass is 10.2. The van der Waals surface area contributed by atoms with Crippen molar-refractivity contribution in [1.82, 2.24) is 10.4 Å². The number of carbonyl (C=O) groups excluding carboxylic acids is 1. The Bertz CT molecular complexity index is 856. The fraction of sp³-hybridized carbons (Fsp3) is 0.200. The minimum atomic E-state index is -1.86. The average molecular weight is 392 g/mol. The minimum Gasteiger partial charge on any atom is -0.489 e. The van der Waals surface area contributed by atoms with Gasteiger partial charge in [-0.25, -0.2) is 0 Å². The molecule has 0 atom stereocenters. The van der Waals surface area contributed by atoms with Crippen molar-refractivity contribution in [3.8, 4) is 11.5 Å². The normalized spacial score (nSPS) is 13.1. The standard InChI is InChI=1S/C15H10ClF4N3O3/c16-7-4-6(5-8-12(7)26-3-1-2-25-8)15(24)23-22-11-9(17)13(19)21-14(20)10(11)18/h4-5H,1-3H2,(H,21,22)(H,23,24). The molecule has 2 heterocycles. The average Bonchev–Trinajstić information content (AvgIpc) is 2.85. The van der Waals surface area contributed by atoms with E-state index in [1.807, 2.05) is 5.43 Å². The number of rotatable bonds is 3. The molecule has 0 fully saturated rings. The monoisotopic (exact) mass is 391 g/mol. The Kier molecular flexibility index (Phi) is 5.03. The molecule has 26 heavy (non-hydrogen) atoms. The molecule has 0 spiro atoms. The van der Waals surface area contributed by atoms with Crippen molar-refractivity contribution in [2.24, 2.45) is 0 Å². The highest BCUT2D eigenvalue weighted by molar-refractivity contribution is 6.32. The van der Waals surface area contributed by atoms with E-state index in [-0.39, 0.29) is 22.1 Å². The maximum absolute atomic E-state index is 13.5. The van der Waals surface area contributed by atoms with Gasteiger partial charge in [0.15, 0.2) is 11.5 Å². The Hall–Kier alpha value is -2.75. The quantitative estimate of drug-likeness (QED) is 0.477. The summed E-state index contributed by atoms with van der Waals surface area (Å²) in [5.41, 5.74) is 2.43. The van der Waals surface area contributed by atoms with E-state index in [0.717, 1.165) is 0 Å². The highest BCUT2D eigenvalue weighted by atomic mass is 35.5. The van der Waals surface area contributed by atoms with Gasteiger partial charge in [0.05, 0.1) is 18.2 Å². The number of fused-ring (bicyclic) bond motifs is 1. The molecule has 0 saturated carbocycles. The number of aromatic nitrogens is 1. The minimum absolute atomic E-state index is 0.0393. The van der Waals surface area contributed by atoms with Gasteiger partial charge in [-0.2, -0.15) is 22.5 Å². The van der Waals surface area contributed by atoms with E-state index in [9.17, 15) is 22.4 Å². The lowest BCUT2D eigenvalue weighted by molar-refractivity contribution is 0.0962. The zero-order valence-corrected chi connectivity index (χ0v) is 13.6. The van der Waals surface area contributed by atoms with Gasteiger partial charge < -0.3 is 9.47 Å². The van der Waals surface area contributed by atoms with Gasteiger partial charge in [0.1, 0.15) is 5.69 Å². The van der Waals surface area contributed by atoms with Crippen LogP contribution < -0.4 is 20.3 Å². The van der Waals surface area contributed by atoms with Crippen molar-refractivity contribution in [2.75, 3.05) is 18.6 Å². The fourth-order valence-corrected chi connectivity index (χ4v) is 2.42. The number of benzene rings is 1. The van der Waals surface area contributed by atoms with Gasteiger partial charge >= 0.3 is 0 Å². The second-order valence-corrected chi connectivity index (χ2v) is 5.52. The Morgan fingerprint density at radius 1 is 1.08 bits per heavy atom. The van der Waals surface area contributed by atoms with E-state index in [0.29, 0.717) is 19.6 Å². The van der Waals surface area contributed by atoms with Crippen molar-refractivity contribution in [2.45, 2.75) is 6.42 Å². The third-order valence-electron chi connectivity index (χ3n) is 3.36. The highest BCUT2D eigenvalue weighted by Gasteiger charge is 2.22. The van der Waals surface area contributed by atoms with Gasteiger partial charge in [-0.1, -0.05) is 11.6 Å². The number of pyridine rings is 1. The van der Waals surface area contributed by atoms with E-state index in [1.54, 1.807) is 5.43 Å². The smallest absolute Gasteiger partial charge is 0.269 e. The molecule has 2 aromatic rings. The molecule has 1 aromatic carbocycles. The Balaban J connectivity index is 1.82. The topological polar surface area (TPSA) is 72.5 Å². The number of ether oxygens (including phenoxy) is 2. The summed E-state index contributed by atoms with van der Waals surface area (Å²) in [5, 5.41) is 0.0907. The van der Waals surface area contributed by atoms with Gasteiger partial charge in [0, 0.05) is 12.0 Å². The molecule has 0 bridgehead atoms. The number of carbonyl (C=O) groups is 1. The van der Waals surface area contributed by atoms with Crippen molar-refractivity contribution in [1.29, 1.82) is 0 Å². The van der Waals surface area contributed by atoms with Gasteiger partial charge in [0.25, 0.3) is 17.8 Å².